The van der Waals surface area contributed by atoms with Crippen molar-refractivity contribution in [1.82, 2.24) is 4.90 Å². The lowest BCUT2D eigenvalue weighted by Crippen LogP contribution is -2.35. The van der Waals surface area contributed by atoms with Crippen molar-refractivity contribution in [2.45, 2.75) is 219 Å². The Labute approximate surface area is 273 Å². The number of aliphatic hydroxyl groups excluding tert-OH is 1. The zero-order valence-electron chi connectivity index (χ0n) is 30.3. The Morgan fingerprint density at radius 1 is 0.395 bits per heavy atom. The lowest BCUT2D eigenvalue weighted by Gasteiger charge is -2.28. The van der Waals surface area contributed by atoms with Crippen LogP contribution in [0.1, 0.15) is 213 Å². The first-order chi connectivity index (χ1) is 21.1. The molecule has 0 bridgehead atoms. The Kier molecular flexibility index (Phi) is 35.4. The monoisotopic (exact) mass is 604 g/mol. The van der Waals surface area contributed by atoms with E-state index in [1.807, 2.05) is 19.0 Å². The molecule has 0 amide bonds. The lowest BCUT2D eigenvalue weighted by atomic mass is 9.92. The Balaban J connectivity index is 3.67. The molecule has 0 radical (unpaired) electrons. The van der Waals surface area contributed by atoms with Gasteiger partial charge in [0.2, 0.25) is 0 Å². The number of hydrogen-bond acceptors (Lipinski definition) is 2. The minimum atomic E-state index is -0.280. The fraction of sp³-hybridized carbons (Fsp3) is 0.902. The third-order valence-electron chi connectivity index (χ3n) is 9.37. The van der Waals surface area contributed by atoms with E-state index >= 15 is 0 Å². The second-order valence-corrected chi connectivity index (χ2v) is 13.9. The summed E-state index contributed by atoms with van der Waals surface area (Å²) in [5.74, 6) is 0.440. The molecule has 43 heavy (non-hydrogen) atoms. The van der Waals surface area contributed by atoms with Crippen LogP contribution in [0.4, 0.5) is 0 Å². The average molecular weight is 604 g/mol. The van der Waals surface area contributed by atoms with Crippen molar-refractivity contribution in [1.29, 1.82) is 0 Å². The molecule has 0 heterocycles. The van der Waals surface area contributed by atoms with Gasteiger partial charge in [-0.15, -0.1) is 0 Å². The van der Waals surface area contributed by atoms with Crippen LogP contribution >= 0.6 is 0 Å². The van der Waals surface area contributed by atoms with Gasteiger partial charge >= 0.3 is 0 Å². The van der Waals surface area contributed by atoms with Crippen molar-refractivity contribution in [3.8, 4) is 0 Å². The third-order valence-corrected chi connectivity index (χ3v) is 9.37. The van der Waals surface area contributed by atoms with Crippen LogP contribution in [0, 0.1) is 5.92 Å². The maximum Gasteiger partial charge on any atom is 0.109 e. The molecule has 1 N–H and O–H groups in total. The molecule has 2 atom stereocenters. The number of unbranched alkanes of at least 4 members (excludes halogenated alkanes) is 25. The second kappa shape index (κ2) is 35.9. The van der Waals surface area contributed by atoms with Gasteiger partial charge in [0.15, 0.2) is 0 Å². The first-order valence-corrected chi connectivity index (χ1v) is 19.8. The van der Waals surface area contributed by atoms with Gasteiger partial charge in [0, 0.05) is 0 Å². The van der Waals surface area contributed by atoms with Gasteiger partial charge < -0.3 is 5.11 Å². The normalized spacial score (nSPS) is 13.6. The van der Waals surface area contributed by atoms with E-state index in [2.05, 4.69) is 38.2 Å². The highest BCUT2D eigenvalue weighted by molar-refractivity contribution is 4.82. The minimum absolute atomic E-state index is 0.280. The van der Waals surface area contributed by atoms with E-state index in [9.17, 15) is 5.11 Å². The Morgan fingerprint density at radius 3 is 0.930 bits per heavy atom. The molecule has 0 aromatic rings. The van der Waals surface area contributed by atoms with E-state index in [-0.39, 0.29) is 6.23 Å². The standard InChI is InChI=1S/C41H81NO/c1-5-7-9-11-13-15-17-19-21-23-25-27-29-31-33-35-37-39-40(41(43)42(3)4)38-36-34-32-30-28-26-24-22-20-18-16-14-12-10-8-6-2/h19-22,40-41,43H,5-18,23-39H2,1-4H3/b21-19-,22-20-. The van der Waals surface area contributed by atoms with Crippen molar-refractivity contribution < 1.29 is 5.11 Å². The Bertz CT molecular complexity index is 568. The molecule has 0 aliphatic rings. The molecular weight excluding hydrogens is 522 g/mol. The largest absolute Gasteiger partial charge is 0.378 e. The van der Waals surface area contributed by atoms with Crippen LogP contribution in [-0.4, -0.2) is 30.3 Å². The highest BCUT2D eigenvalue weighted by Gasteiger charge is 2.20. The summed E-state index contributed by atoms with van der Waals surface area (Å²) in [6.45, 7) is 4.58. The predicted octanol–water partition coefficient (Wildman–Crippen LogP) is 13.7. The van der Waals surface area contributed by atoms with E-state index < -0.39 is 0 Å². The fourth-order valence-electron chi connectivity index (χ4n) is 6.35. The van der Waals surface area contributed by atoms with E-state index in [4.69, 9.17) is 0 Å². The minimum Gasteiger partial charge on any atom is -0.378 e. The highest BCUT2D eigenvalue weighted by Crippen LogP contribution is 2.23. The second-order valence-electron chi connectivity index (χ2n) is 13.9. The van der Waals surface area contributed by atoms with Crippen LogP contribution in [0.3, 0.4) is 0 Å². The quantitative estimate of drug-likeness (QED) is 0.0442. The number of allylic oxidation sites excluding steroid dienone is 4. The third kappa shape index (κ3) is 32.6. The van der Waals surface area contributed by atoms with Gasteiger partial charge in [-0.05, 0) is 84.2 Å². The smallest absolute Gasteiger partial charge is 0.109 e. The average Bonchev–Trinajstić information content (AvgIpc) is 3.00. The molecule has 0 spiro atoms. The van der Waals surface area contributed by atoms with Crippen LogP contribution in [0.25, 0.3) is 0 Å². The first-order valence-electron chi connectivity index (χ1n) is 19.8. The summed E-state index contributed by atoms with van der Waals surface area (Å²) < 4.78 is 0. The van der Waals surface area contributed by atoms with Gasteiger partial charge in [-0.25, -0.2) is 0 Å². The molecular formula is C41H81NO. The fourth-order valence-corrected chi connectivity index (χ4v) is 6.35. The van der Waals surface area contributed by atoms with Crippen LogP contribution in [0.15, 0.2) is 24.3 Å². The summed E-state index contributed by atoms with van der Waals surface area (Å²) in [4.78, 5) is 2.02. The zero-order chi connectivity index (χ0) is 31.5. The topological polar surface area (TPSA) is 23.5 Å². The summed E-state index contributed by atoms with van der Waals surface area (Å²) in [5.41, 5.74) is 0. The molecule has 0 saturated carbocycles. The molecule has 0 aliphatic carbocycles. The first kappa shape index (κ1) is 42.4. The molecule has 0 aromatic heterocycles. The molecule has 2 nitrogen and oxygen atoms in total. The Morgan fingerprint density at radius 2 is 0.651 bits per heavy atom. The van der Waals surface area contributed by atoms with Crippen molar-refractivity contribution in [3.05, 3.63) is 24.3 Å². The molecule has 256 valence electrons. The number of aliphatic hydroxyl groups is 1. The van der Waals surface area contributed by atoms with Gasteiger partial charge in [0.1, 0.15) is 6.23 Å². The summed E-state index contributed by atoms with van der Waals surface area (Å²) in [6.07, 6.45) is 51.3. The molecule has 0 aromatic carbocycles. The molecule has 0 rings (SSSR count). The van der Waals surface area contributed by atoms with Crippen LogP contribution in [0.2, 0.25) is 0 Å². The summed E-state index contributed by atoms with van der Waals surface area (Å²) in [5, 5.41) is 10.8. The summed E-state index contributed by atoms with van der Waals surface area (Å²) >= 11 is 0. The number of nitrogens with zero attached hydrogens (tertiary/aromatic N) is 1. The highest BCUT2D eigenvalue weighted by atomic mass is 16.3. The molecule has 2 heteroatoms. The van der Waals surface area contributed by atoms with Crippen molar-refractivity contribution >= 4 is 0 Å². The van der Waals surface area contributed by atoms with E-state index in [1.165, 1.54) is 199 Å². The van der Waals surface area contributed by atoms with Gasteiger partial charge in [-0.1, -0.05) is 173 Å². The van der Waals surface area contributed by atoms with Crippen LogP contribution in [0.5, 0.6) is 0 Å². The number of rotatable bonds is 35. The van der Waals surface area contributed by atoms with Crippen molar-refractivity contribution in [2.75, 3.05) is 14.1 Å². The maximum atomic E-state index is 10.8. The number of hydrogen-bond donors (Lipinski definition) is 1. The SMILES string of the molecule is CCCCCCCC/C=C\CCCCCCCCCC(CCCCCCCC/C=C\CCCCCCCC)C(O)N(C)C. The molecule has 0 saturated heterocycles. The summed E-state index contributed by atoms with van der Waals surface area (Å²) in [6, 6.07) is 0. The van der Waals surface area contributed by atoms with Crippen molar-refractivity contribution in [3.63, 3.8) is 0 Å². The van der Waals surface area contributed by atoms with Crippen molar-refractivity contribution in [2.24, 2.45) is 5.92 Å². The Hall–Kier alpha value is -0.600. The molecule has 0 aliphatic heterocycles. The summed E-state index contributed by atoms with van der Waals surface area (Å²) in [7, 11) is 4.06. The van der Waals surface area contributed by atoms with Gasteiger partial charge in [-0.3, -0.25) is 4.90 Å². The molecule has 2 unspecified atom stereocenters. The predicted molar refractivity (Wildman–Crippen MR) is 196 cm³/mol. The maximum absolute atomic E-state index is 10.8. The van der Waals surface area contributed by atoms with Gasteiger partial charge in [-0.2, -0.15) is 0 Å². The molecule has 0 fully saturated rings. The van der Waals surface area contributed by atoms with E-state index in [0.717, 1.165) is 0 Å². The van der Waals surface area contributed by atoms with Gasteiger partial charge in [0.25, 0.3) is 0 Å². The van der Waals surface area contributed by atoms with Crippen LogP contribution < -0.4 is 0 Å². The van der Waals surface area contributed by atoms with Gasteiger partial charge in [0.05, 0.1) is 0 Å². The zero-order valence-corrected chi connectivity index (χ0v) is 30.3. The van der Waals surface area contributed by atoms with Crippen LogP contribution in [-0.2, 0) is 0 Å². The lowest BCUT2D eigenvalue weighted by molar-refractivity contribution is -0.0176. The van der Waals surface area contributed by atoms with E-state index in [1.54, 1.807) is 0 Å². The van der Waals surface area contributed by atoms with E-state index in [0.29, 0.717) is 5.92 Å².